The third-order valence-corrected chi connectivity index (χ3v) is 4.87. The molecule has 1 fully saturated rings. The summed E-state index contributed by atoms with van der Waals surface area (Å²) in [6.45, 7) is 0.605. The van der Waals surface area contributed by atoms with Crippen molar-refractivity contribution in [3.63, 3.8) is 0 Å². The fourth-order valence-electron chi connectivity index (χ4n) is 3.22. The van der Waals surface area contributed by atoms with Crippen LogP contribution in [0.2, 0.25) is 5.15 Å². The van der Waals surface area contributed by atoms with Gasteiger partial charge in [0.1, 0.15) is 11.0 Å². The van der Waals surface area contributed by atoms with E-state index in [0.29, 0.717) is 29.8 Å². The molecule has 1 amide bonds. The van der Waals surface area contributed by atoms with Crippen LogP contribution in [0.15, 0.2) is 48.8 Å². The molecule has 0 saturated carbocycles. The highest BCUT2D eigenvalue weighted by molar-refractivity contribution is 6.29. The number of carbonyl (C=O) groups excluding carboxylic acids is 1. The molecule has 1 saturated heterocycles. The van der Waals surface area contributed by atoms with Crippen molar-refractivity contribution < 1.29 is 4.79 Å². The third-order valence-electron chi connectivity index (χ3n) is 4.66. The van der Waals surface area contributed by atoms with Gasteiger partial charge in [-0.25, -0.2) is 4.98 Å². The lowest BCUT2D eigenvalue weighted by Gasteiger charge is -2.15. The lowest BCUT2D eigenvalue weighted by Crippen LogP contribution is -2.28. The predicted octanol–water partition coefficient (Wildman–Crippen LogP) is 2.76. The largest absolute Gasteiger partial charge is 0.383 e. The maximum atomic E-state index is 12.8. The Morgan fingerprint density at radius 1 is 1.11 bits per heavy atom. The molecule has 0 unspecified atom stereocenters. The first-order valence-corrected chi connectivity index (χ1v) is 8.96. The smallest absolute Gasteiger partial charge is 0.231 e. The molecule has 1 aliphatic rings. The Morgan fingerprint density at radius 3 is 2.63 bits per heavy atom. The van der Waals surface area contributed by atoms with E-state index in [9.17, 15) is 4.79 Å². The number of nitrogen functional groups attached to an aromatic ring is 1. The number of rotatable bonds is 4. The first kappa shape index (κ1) is 17.4. The molecule has 0 bridgehead atoms. The highest BCUT2D eigenvalue weighted by Crippen LogP contribution is 2.28. The Kier molecular flexibility index (Phi) is 4.68. The summed E-state index contributed by atoms with van der Waals surface area (Å²) in [5.41, 5.74) is 8.42. The third kappa shape index (κ3) is 3.59. The molecule has 136 valence electrons. The average Bonchev–Trinajstić information content (AvgIpc) is 3.05. The molecule has 2 N–H and O–H groups in total. The van der Waals surface area contributed by atoms with Crippen molar-refractivity contribution in [2.75, 3.05) is 17.2 Å². The second-order valence-corrected chi connectivity index (χ2v) is 6.76. The highest BCUT2D eigenvalue weighted by Gasteiger charge is 2.33. The topological polar surface area (TPSA) is 97.9 Å². The monoisotopic (exact) mass is 380 g/mol. The van der Waals surface area contributed by atoms with Gasteiger partial charge in [-0.3, -0.25) is 14.7 Å². The zero-order chi connectivity index (χ0) is 18.8. The zero-order valence-corrected chi connectivity index (χ0v) is 15.2. The summed E-state index contributed by atoms with van der Waals surface area (Å²) in [7, 11) is 0. The summed E-state index contributed by atoms with van der Waals surface area (Å²) < 4.78 is 0. The van der Waals surface area contributed by atoms with Crippen molar-refractivity contribution in [2.24, 2.45) is 5.92 Å². The lowest BCUT2D eigenvalue weighted by molar-refractivity contribution is -0.120. The van der Waals surface area contributed by atoms with Gasteiger partial charge in [-0.1, -0.05) is 17.7 Å². The molecule has 7 nitrogen and oxygen atoms in total. The van der Waals surface area contributed by atoms with Gasteiger partial charge in [0.15, 0.2) is 5.82 Å². The maximum absolute atomic E-state index is 12.8. The fraction of sp³-hybridized carbons (Fsp3) is 0.211. The molecule has 0 aromatic carbocycles. The number of aromatic nitrogens is 4. The van der Waals surface area contributed by atoms with Gasteiger partial charge < -0.3 is 5.73 Å². The van der Waals surface area contributed by atoms with Crippen LogP contribution in [0.1, 0.15) is 12.0 Å². The van der Waals surface area contributed by atoms with Gasteiger partial charge in [0.05, 0.1) is 5.69 Å². The number of halogens is 1. The Bertz CT molecular complexity index is 964. The van der Waals surface area contributed by atoms with Crippen molar-refractivity contribution in [1.82, 2.24) is 20.2 Å². The molecule has 4 heterocycles. The van der Waals surface area contributed by atoms with E-state index in [-0.39, 0.29) is 11.8 Å². The standard InChI is InChI=1S/C19H17ClN6O/c20-16-3-1-13(18(21)23-16)11-14-7-10-26(19(14)27)17-4-2-15(24-25-17)12-5-8-22-9-6-12/h1-6,8-9,14H,7,10-11H2,(H2,21,23)/t14-/m1/s1. The molecule has 27 heavy (non-hydrogen) atoms. The van der Waals surface area contributed by atoms with E-state index in [1.165, 1.54) is 0 Å². The van der Waals surface area contributed by atoms with Crippen LogP contribution in [0.5, 0.6) is 0 Å². The molecule has 0 radical (unpaired) electrons. The minimum atomic E-state index is -0.156. The first-order chi connectivity index (χ1) is 13.1. The molecule has 4 rings (SSSR count). The number of nitrogens with zero attached hydrogens (tertiary/aromatic N) is 5. The van der Waals surface area contributed by atoms with Crippen molar-refractivity contribution in [1.29, 1.82) is 0 Å². The van der Waals surface area contributed by atoms with Gasteiger partial charge in [-0.05, 0) is 48.7 Å². The number of carbonyl (C=O) groups is 1. The minimum absolute atomic E-state index is 0.0234. The fourth-order valence-corrected chi connectivity index (χ4v) is 3.37. The van der Waals surface area contributed by atoms with Crippen molar-refractivity contribution in [2.45, 2.75) is 12.8 Å². The number of nitrogens with two attached hydrogens (primary N) is 1. The van der Waals surface area contributed by atoms with Crippen molar-refractivity contribution >= 4 is 29.1 Å². The Balaban J connectivity index is 1.48. The molecule has 0 aliphatic carbocycles. The van der Waals surface area contributed by atoms with Crippen LogP contribution in [-0.2, 0) is 11.2 Å². The SMILES string of the molecule is Nc1nc(Cl)ccc1C[C@H]1CCN(c2ccc(-c3ccncc3)nn2)C1=O. The van der Waals surface area contributed by atoms with Crippen molar-refractivity contribution in [3.8, 4) is 11.3 Å². The van der Waals surface area contributed by atoms with Crippen LogP contribution in [0.25, 0.3) is 11.3 Å². The maximum Gasteiger partial charge on any atom is 0.231 e. The van der Waals surface area contributed by atoms with E-state index < -0.39 is 0 Å². The van der Waals surface area contributed by atoms with E-state index in [1.807, 2.05) is 30.3 Å². The van der Waals surface area contributed by atoms with Crippen LogP contribution in [-0.4, -0.2) is 32.6 Å². The van der Waals surface area contributed by atoms with Gasteiger partial charge in [-0.2, -0.15) is 0 Å². The number of hydrogen-bond acceptors (Lipinski definition) is 6. The molecule has 8 heteroatoms. The summed E-state index contributed by atoms with van der Waals surface area (Å²) in [4.78, 5) is 22.5. The number of hydrogen-bond donors (Lipinski definition) is 1. The van der Waals surface area contributed by atoms with Crippen LogP contribution >= 0.6 is 11.6 Å². The Morgan fingerprint density at radius 2 is 1.93 bits per heavy atom. The number of pyridine rings is 2. The van der Waals surface area contributed by atoms with Crippen LogP contribution in [0, 0.1) is 5.92 Å². The Hall–Kier alpha value is -3.06. The predicted molar refractivity (Wildman–Crippen MR) is 103 cm³/mol. The van der Waals surface area contributed by atoms with Crippen molar-refractivity contribution in [3.05, 3.63) is 59.5 Å². The molecule has 1 aliphatic heterocycles. The van der Waals surface area contributed by atoms with E-state index in [2.05, 4.69) is 20.2 Å². The molecule has 3 aromatic heterocycles. The van der Waals surface area contributed by atoms with E-state index >= 15 is 0 Å². The van der Waals surface area contributed by atoms with Gasteiger partial charge >= 0.3 is 0 Å². The van der Waals surface area contributed by atoms with Crippen LogP contribution in [0.3, 0.4) is 0 Å². The lowest BCUT2D eigenvalue weighted by atomic mass is 9.98. The quantitative estimate of drug-likeness (QED) is 0.699. The normalized spacial score (nSPS) is 16.7. The summed E-state index contributed by atoms with van der Waals surface area (Å²) in [5, 5.41) is 8.83. The molecule has 0 spiro atoms. The number of amides is 1. The summed E-state index contributed by atoms with van der Waals surface area (Å²) in [6, 6.07) is 10.9. The Labute approximate surface area is 161 Å². The summed E-state index contributed by atoms with van der Waals surface area (Å²) in [6.07, 6.45) is 4.68. The summed E-state index contributed by atoms with van der Waals surface area (Å²) in [5.74, 6) is 0.796. The molecular formula is C19H17ClN6O. The van der Waals surface area contributed by atoms with Crippen LogP contribution < -0.4 is 10.6 Å². The minimum Gasteiger partial charge on any atom is -0.383 e. The van der Waals surface area contributed by atoms with Crippen LogP contribution in [0.4, 0.5) is 11.6 Å². The highest BCUT2D eigenvalue weighted by atomic mass is 35.5. The van der Waals surface area contributed by atoms with Gasteiger partial charge in [-0.15, -0.1) is 10.2 Å². The second-order valence-electron chi connectivity index (χ2n) is 6.37. The molecule has 3 aromatic rings. The van der Waals surface area contributed by atoms with E-state index in [1.54, 1.807) is 23.4 Å². The van der Waals surface area contributed by atoms with Gasteiger partial charge in [0.2, 0.25) is 5.91 Å². The second kappa shape index (κ2) is 7.28. The van der Waals surface area contributed by atoms with Gasteiger partial charge in [0.25, 0.3) is 0 Å². The molecule has 1 atom stereocenters. The first-order valence-electron chi connectivity index (χ1n) is 8.58. The number of anilines is 2. The zero-order valence-electron chi connectivity index (χ0n) is 14.4. The van der Waals surface area contributed by atoms with E-state index in [4.69, 9.17) is 17.3 Å². The van der Waals surface area contributed by atoms with E-state index in [0.717, 1.165) is 23.2 Å². The molecular weight excluding hydrogens is 364 g/mol. The van der Waals surface area contributed by atoms with Gasteiger partial charge in [0, 0.05) is 30.4 Å². The summed E-state index contributed by atoms with van der Waals surface area (Å²) >= 11 is 5.84. The average molecular weight is 381 g/mol.